The Morgan fingerprint density at radius 1 is 0.871 bits per heavy atom. The maximum absolute atomic E-state index is 6.57. The molecule has 0 heterocycles. The summed E-state index contributed by atoms with van der Waals surface area (Å²) in [6.07, 6.45) is 2.10. The summed E-state index contributed by atoms with van der Waals surface area (Å²) < 4.78 is 11.8. The van der Waals surface area contributed by atoms with Gasteiger partial charge in [0.2, 0.25) is 0 Å². The van der Waals surface area contributed by atoms with Crippen LogP contribution in [-0.4, -0.2) is 12.6 Å². The highest BCUT2D eigenvalue weighted by Gasteiger charge is 2.13. The molecule has 3 aromatic rings. The highest BCUT2D eigenvalue weighted by Crippen LogP contribution is 2.34. The van der Waals surface area contributed by atoms with E-state index in [9.17, 15) is 0 Å². The first-order chi connectivity index (χ1) is 15.0. The predicted molar refractivity (Wildman–Crippen MR) is 129 cm³/mol. The van der Waals surface area contributed by atoms with Gasteiger partial charge in [-0.3, -0.25) is 0 Å². The van der Waals surface area contributed by atoms with Gasteiger partial charge < -0.3 is 14.8 Å². The minimum absolute atomic E-state index is 0.366. The number of aryl methyl sites for hydroxylation is 1. The van der Waals surface area contributed by atoms with E-state index in [1.807, 2.05) is 49.4 Å². The third-order valence-electron chi connectivity index (χ3n) is 5.05. The average molecular weight is 458 g/mol. The molecule has 3 nitrogen and oxygen atoms in total. The van der Waals surface area contributed by atoms with Gasteiger partial charge in [-0.1, -0.05) is 65.7 Å². The number of nitrogens with one attached hydrogen (secondary N) is 1. The van der Waals surface area contributed by atoms with Crippen LogP contribution in [0.4, 0.5) is 0 Å². The van der Waals surface area contributed by atoms with Crippen molar-refractivity contribution in [2.24, 2.45) is 0 Å². The summed E-state index contributed by atoms with van der Waals surface area (Å²) in [7, 11) is 0. The lowest BCUT2D eigenvalue weighted by Gasteiger charge is -2.17. The Morgan fingerprint density at radius 2 is 1.61 bits per heavy atom. The van der Waals surface area contributed by atoms with Crippen LogP contribution < -0.4 is 14.8 Å². The van der Waals surface area contributed by atoms with E-state index < -0.39 is 0 Å². The van der Waals surface area contributed by atoms with E-state index in [2.05, 4.69) is 36.5 Å². The van der Waals surface area contributed by atoms with Crippen LogP contribution in [0.5, 0.6) is 11.5 Å². The zero-order chi connectivity index (χ0) is 22.1. The van der Waals surface area contributed by atoms with Crippen LogP contribution in [0.2, 0.25) is 10.0 Å². The average Bonchev–Trinajstić information content (AvgIpc) is 2.77. The van der Waals surface area contributed by atoms with Gasteiger partial charge in [0.25, 0.3) is 0 Å². The summed E-state index contributed by atoms with van der Waals surface area (Å²) in [6, 6.07) is 22.3. The van der Waals surface area contributed by atoms with Gasteiger partial charge in [0.1, 0.15) is 6.61 Å². The first kappa shape index (κ1) is 23.5. The first-order valence-corrected chi connectivity index (χ1v) is 11.4. The first-order valence-electron chi connectivity index (χ1n) is 10.6. The van der Waals surface area contributed by atoms with Gasteiger partial charge in [-0.25, -0.2) is 0 Å². The number of rotatable bonds is 11. The Hall–Kier alpha value is -2.20. The molecule has 0 aliphatic rings. The van der Waals surface area contributed by atoms with Crippen LogP contribution in [0, 0.1) is 0 Å². The van der Waals surface area contributed by atoms with Gasteiger partial charge in [0, 0.05) is 28.7 Å². The van der Waals surface area contributed by atoms with E-state index in [-0.39, 0.29) is 0 Å². The van der Waals surface area contributed by atoms with Gasteiger partial charge in [-0.2, -0.15) is 0 Å². The van der Waals surface area contributed by atoms with Crippen molar-refractivity contribution >= 4 is 23.2 Å². The number of halogens is 2. The lowest BCUT2D eigenvalue weighted by atomic mass is 10.1. The lowest BCUT2D eigenvalue weighted by molar-refractivity contribution is 0.269. The molecule has 1 atom stereocenters. The minimum atomic E-state index is 0.366. The fourth-order valence-electron chi connectivity index (χ4n) is 3.30. The molecule has 0 bridgehead atoms. The van der Waals surface area contributed by atoms with Crippen LogP contribution in [0.3, 0.4) is 0 Å². The third kappa shape index (κ3) is 7.46. The smallest absolute Gasteiger partial charge is 0.163 e. The predicted octanol–water partition coefficient (Wildman–Crippen LogP) is 7.08. The zero-order valence-corrected chi connectivity index (χ0v) is 19.5. The van der Waals surface area contributed by atoms with E-state index in [0.29, 0.717) is 47.3 Å². The van der Waals surface area contributed by atoms with Gasteiger partial charge >= 0.3 is 0 Å². The quantitative estimate of drug-likeness (QED) is 0.333. The standard InChI is InChI=1S/C26H29Cl2NO2/c1-3-30-25-15-22(17-29-19(2)12-13-20-8-5-4-6-9-20)24(28)16-26(25)31-18-21-10-7-11-23(27)14-21/h4-11,14-16,19,29H,3,12-13,17-18H2,1-2H3. The van der Waals surface area contributed by atoms with Crippen LogP contribution in [0.1, 0.15) is 37.0 Å². The topological polar surface area (TPSA) is 30.5 Å². The molecule has 0 spiro atoms. The number of hydrogen-bond acceptors (Lipinski definition) is 3. The fraction of sp³-hybridized carbons (Fsp3) is 0.308. The summed E-state index contributed by atoms with van der Waals surface area (Å²) in [5.41, 5.74) is 3.34. The van der Waals surface area contributed by atoms with E-state index in [1.54, 1.807) is 0 Å². The molecule has 0 aliphatic heterocycles. The Balaban J connectivity index is 1.60. The van der Waals surface area contributed by atoms with Crippen molar-refractivity contribution < 1.29 is 9.47 Å². The SMILES string of the molecule is CCOc1cc(CNC(C)CCc2ccccc2)c(Cl)cc1OCc1cccc(Cl)c1. The van der Waals surface area contributed by atoms with Crippen molar-refractivity contribution in [1.82, 2.24) is 5.32 Å². The van der Waals surface area contributed by atoms with Crippen molar-refractivity contribution in [1.29, 1.82) is 0 Å². The second-order valence-electron chi connectivity index (χ2n) is 7.55. The van der Waals surface area contributed by atoms with Gasteiger partial charge in [0.05, 0.1) is 6.61 Å². The van der Waals surface area contributed by atoms with E-state index in [0.717, 1.165) is 24.0 Å². The highest BCUT2D eigenvalue weighted by atomic mass is 35.5. The zero-order valence-electron chi connectivity index (χ0n) is 18.0. The molecular weight excluding hydrogens is 429 g/mol. The molecule has 1 unspecified atom stereocenters. The molecule has 5 heteroatoms. The van der Waals surface area contributed by atoms with E-state index >= 15 is 0 Å². The molecule has 0 aliphatic carbocycles. The molecule has 164 valence electrons. The van der Waals surface area contributed by atoms with Crippen molar-refractivity contribution in [3.63, 3.8) is 0 Å². The van der Waals surface area contributed by atoms with Gasteiger partial charge in [0.15, 0.2) is 11.5 Å². The molecule has 0 radical (unpaired) electrons. The summed E-state index contributed by atoms with van der Waals surface area (Å²) >= 11 is 12.6. The molecule has 0 fully saturated rings. The third-order valence-corrected chi connectivity index (χ3v) is 5.63. The Morgan fingerprint density at radius 3 is 2.35 bits per heavy atom. The molecule has 0 aromatic heterocycles. The van der Waals surface area contributed by atoms with Crippen molar-refractivity contribution in [2.75, 3.05) is 6.61 Å². The molecule has 3 rings (SSSR count). The largest absolute Gasteiger partial charge is 0.490 e. The number of benzene rings is 3. The molecule has 0 saturated heterocycles. The number of hydrogen-bond donors (Lipinski definition) is 1. The molecule has 0 amide bonds. The van der Waals surface area contributed by atoms with Gasteiger partial charge in [-0.15, -0.1) is 0 Å². The highest BCUT2D eigenvalue weighted by molar-refractivity contribution is 6.31. The van der Waals surface area contributed by atoms with Crippen LogP contribution in [0.25, 0.3) is 0 Å². The monoisotopic (exact) mass is 457 g/mol. The number of ether oxygens (including phenoxy) is 2. The Kier molecular flexibility index (Phi) is 9.08. The Labute approximate surface area is 195 Å². The van der Waals surface area contributed by atoms with Crippen LogP contribution in [0.15, 0.2) is 66.7 Å². The molecule has 31 heavy (non-hydrogen) atoms. The molecule has 1 N–H and O–H groups in total. The molecular formula is C26H29Cl2NO2. The summed E-state index contributed by atoms with van der Waals surface area (Å²) in [5.74, 6) is 1.33. The lowest BCUT2D eigenvalue weighted by Crippen LogP contribution is -2.26. The normalized spacial score (nSPS) is 11.9. The second kappa shape index (κ2) is 12.0. The van der Waals surface area contributed by atoms with Crippen LogP contribution in [-0.2, 0) is 19.6 Å². The van der Waals surface area contributed by atoms with E-state index in [1.165, 1.54) is 5.56 Å². The summed E-state index contributed by atoms with van der Waals surface area (Å²) in [5, 5.41) is 4.91. The molecule has 0 saturated carbocycles. The maximum Gasteiger partial charge on any atom is 0.163 e. The fourth-order valence-corrected chi connectivity index (χ4v) is 3.73. The van der Waals surface area contributed by atoms with Crippen molar-refractivity contribution in [2.45, 2.75) is 45.9 Å². The summed E-state index contributed by atoms with van der Waals surface area (Å²) in [4.78, 5) is 0. The Bertz CT molecular complexity index is 963. The van der Waals surface area contributed by atoms with Crippen molar-refractivity contribution in [3.8, 4) is 11.5 Å². The minimum Gasteiger partial charge on any atom is -0.490 e. The molecule has 3 aromatic carbocycles. The van der Waals surface area contributed by atoms with Crippen LogP contribution >= 0.6 is 23.2 Å². The van der Waals surface area contributed by atoms with Gasteiger partial charge in [-0.05, 0) is 61.6 Å². The van der Waals surface area contributed by atoms with E-state index in [4.69, 9.17) is 32.7 Å². The maximum atomic E-state index is 6.57. The van der Waals surface area contributed by atoms with Crippen molar-refractivity contribution in [3.05, 3.63) is 93.5 Å². The summed E-state index contributed by atoms with van der Waals surface area (Å²) in [6.45, 7) is 5.77. The second-order valence-corrected chi connectivity index (χ2v) is 8.39.